The van der Waals surface area contributed by atoms with Crippen molar-refractivity contribution < 1.29 is 5.11 Å². The van der Waals surface area contributed by atoms with E-state index in [-0.39, 0.29) is 5.60 Å². The number of aliphatic hydroxyl groups is 1. The van der Waals surface area contributed by atoms with Crippen LogP contribution in [0.1, 0.15) is 25.3 Å². The van der Waals surface area contributed by atoms with Crippen LogP contribution in [0.3, 0.4) is 0 Å². The molecule has 1 heterocycles. The van der Waals surface area contributed by atoms with E-state index in [2.05, 4.69) is 12.0 Å². The van der Waals surface area contributed by atoms with Gasteiger partial charge in [-0.25, -0.2) is 0 Å². The average molecular weight is 166 g/mol. The molecule has 0 radical (unpaired) electrons. The van der Waals surface area contributed by atoms with Crippen molar-refractivity contribution in [3.05, 3.63) is 18.0 Å². The van der Waals surface area contributed by atoms with Gasteiger partial charge in [-0.2, -0.15) is 5.10 Å². The maximum absolute atomic E-state index is 9.63. The van der Waals surface area contributed by atoms with Crippen molar-refractivity contribution in [3.63, 3.8) is 0 Å². The molecule has 2 rings (SSSR count). The molecule has 0 amide bonds. The van der Waals surface area contributed by atoms with Crippen LogP contribution in [-0.2, 0) is 13.0 Å². The van der Waals surface area contributed by atoms with Crippen molar-refractivity contribution in [3.8, 4) is 0 Å². The van der Waals surface area contributed by atoms with Crippen molar-refractivity contribution in [2.75, 3.05) is 0 Å². The molecule has 0 saturated heterocycles. The molecule has 3 nitrogen and oxygen atoms in total. The molecule has 3 heteroatoms. The largest absolute Gasteiger partial charge is 0.390 e. The van der Waals surface area contributed by atoms with Crippen LogP contribution in [0.25, 0.3) is 0 Å². The molecule has 66 valence electrons. The van der Waals surface area contributed by atoms with Crippen LogP contribution in [0.5, 0.6) is 0 Å². The topological polar surface area (TPSA) is 38.0 Å². The average Bonchev–Trinajstić information content (AvgIpc) is 2.63. The van der Waals surface area contributed by atoms with E-state index in [0.717, 1.165) is 31.4 Å². The van der Waals surface area contributed by atoms with Gasteiger partial charge in [-0.15, -0.1) is 0 Å². The summed E-state index contributed by atoms with van der Waals surface area (Å²) in [6.45, 7) is 2.96. The van der Waals surface area contributed by atoms with Gasteiger partial charge in [-0.1, -0.05) is 0 Å². The molecule has 1 aliphatic rings. The maximum Gasteiger partial charge on any atom is 0.0691 e. The molecule has 1 N–H and O–H groups in total. The second-order valence-electron chi connectivity index (χ2n) is 3.61. The lowest BCUT2D eigenvalue weighted by Crippen LogP contribution is -2.09. The first kappa shape index (κ1) is 7.80. The molecule has 0 spiro atoms. The highest BCUT2D eigenvalue weighted by Gasteiger charge is 2.40. The smallest absolute Gasteiger partial charge is 0.0691 e. The monoisotopic (exact) mass is 166 g/mol. The van der Waals surface area contributed by atoms with E-state index in [1.807, 2.05) is 17.1 Å². The Morgan fingerprint density at radius 3 is 2.92 bits per heavy atom. The lowest BCUT2D eigenvalue weighted by atomic mass is 10.1. The summed E-state index contributed by atoms with van der Waals surface area (Å²) in [5.74, 6) is 0. The third kappa shape index (κ3) is 1.50. The van der Waals surface area contributed by atoms with Gasteiger partial charge in [0.05, 0.1) is 11.8 Å². The Kier molecular flexibility index (Phi) is 1.68. The number of aryl methyl sites for hydroxylation is 1. The first-order chi connectivity index (χ1) is 5.72. The molecule has 0 aliphatic heterocycles. The molecule has 0 bridgehead atoms. The molecule has 0 aromatic carbocycles. The van der Waals surface area contributed by atoms with Crippen LogP contribution in [0.2, 0.25) is 0 Å². The van der Waals surface area contributed by atoms with Crippen molar-refractivity contribution >= 4 is 0 Å². The highest BCUT2D eigenvalue weighted by atomic mass is 16.3. The first-order valence-corrected chi connectivity index (χ1v) is 4.45. The van der Waals surface area contributed by atoms with Gasteiger partial charge in [0.15, 0.2) is 0 Å². The van der Waals surface area contributed by atoms with Crippen molar-refractivity contribution in [1.82, 2.24) is 9.78 Å². The molecular weight excluding hydrogens is 152 g/mol. The Balaban J connectivity index is 2.03. The Morgan fingerprint density at radius 1 is 1.67 bits per heavy atom. The zero-order valence-electron chi connectivity index (χ0n) is 7.32. The fourth-order valence-electron chi connectivity index (χ4n) is 1.37. The van der Waals surface area contributed by atoms with Crippen LogP contribution in [0, 0.1) is 0 Å². The van der Waals surface area contributed by atoms with E-state index in [0.29, 0.717) is 0 Å². The van der Waals surface area contributed by atoms with Crippen LogP contribution < -0.4 is 0 Å². The van der Waals surface area contributed by atoms with Gasteiger partial charge < -0.3 is 5.11 Å². The molecule has 1 aliphatic carbocycles. The summed E-state index contributed by atoms with van der Waals surface area (Å²) in [5, 5.41) is 13.8. The molecule has 12 heavy (non-hydrogen) atoms. The number of rotatable bonds is 3. The Hall–Kier alpha value is -0.830. The van der Waals surface area contributed by atoms with E-state index in [1.54, 1.807) is 0 Å². The van der Waals surface area contributed by atoms with Crippen LogP contribution in [0.4, 0.5) is 0 Å². The summed E-state index contributed by atoms with van der Waals surface area (Å²) in [7, 11) is 0. The second kappa shape index (κ2) is 2.59. The SMILES string of the molecule is CCn1cc(CC2(O)CC2)cn1. The van der Waals surface area contributed by atoms with E-state index in [4.69, 9.17) is 0 Å². The van der Waals surface area contributed by atoms with Crippen LogP contribution in [-0.4, -0.2) is 20.5 Å². The van der Waals surface area contributed by atoms with Crippen LogP contribution >= 0.6 is 0 Å². The minimum atomic E-state index is -0.387. The van der Waals surface area contributed by atoms with E-state index >= 15 is 0 Å². The summed E-state index contributed by atoms with van der Waals surface area (Å²) >= 11 is 0. The minimum Gasteiger partial charge on any atom is -0.390 e. The van der Waals surface area contributed by atoms with Crippen LogP contribution in [0.15, 0.2) is 12.4 Å². The number of nitrogens with zero attached hydrogens (tertiary/aromatic N) is 2. The van der Waals surface area contributed by atoms with Gasteiger partial charge in [0.1, 0.15) is 0 Å². The second-order valence-corrected chi connectivity index (χ2v) is 3.61. The number of hydrogen-bond donors (Lipinski definition) is 1. The Labute approximate surface area is 72.0 Å². The number of aromatic nitrogens is 2. The molecule has 1 saturated carbocycles. The minimum absolute atomic E-state index is 0.387. The lowest BCUT2D eigenvalue weighted by Gasteiger charge is -2.02. The van der Waals surface area contributed by atoms with Gasteiger partial charge in [0, 0.05) is 19.2 Å². The predicted molar refractivity (Wildman–Crippen MR) is 45.8 cm³/mol. The summed E-state index contributed by atoms with van der Waals surface area (Å²) in [6, 6.07) is 0. The highest BCUT2D eigenvalue weighted by Crippen LogP contribution is 2.37. The summed E-state index contributed by atoms with van der Waals surface area (Å²) in [4.78, 5) is 0. The number of hydrogen-bond acceptors (Lipinski definition) is 2. The van der Waals surface area contributed by atoms with Crippen molar-refractivity contribution in [2.45, 2.75) is 38.3 Å². The zero-order chi connectivity index (χ0) is 8.60. The molecule has 0 unspecified atom stereocenters. The predicted octanol–water partition coefficient (Wildman–Crippen LogP) is 0.970. The maximum atomic E-state index is 9.63. The fraction of sp³-hybridized carbons (Fsp3) is 0.667. The first-order valence-electron chi connectivity index (χ1n) is 4.45. The van der Waals surface area contributed by atoms with Crippen molar-refractivity contribution in [2.24, 2.45) is 0 Å². The van der Waals surface area contributed by atoms with E-state index < -0.39 is 0 Å². The third-order valence-corrected chi connectivity index (χ3v) is 2.37. The summed E-state index contributed by atoms with van der Waals surface area (Å²) in [5.41, 5.74) is 0.763. The molecule has 1 aromatic heterocycles. The van der Waals surface area contributed by atoms with E-state index in [9.17, 15) is 5.11 Å². The zero-order valence-corrected chi connectivity index (χ0v) is 7.32. The van der Waals surface area contributed by atoms with Gasteiger partial charge >= 0.3 is 0 Å². The van der Waals surface area contributed by atoms with Crippen molar-refractivity contribution in [1.29, 1.82) is 0 Å². The van der Waals surface area contributed by atoms with E-state index in [1.165, 1.54) is 0 Å². The quantitative estimate of drug-likeness (QED) is 0.726. The summed E-state index contributed by atoms with van der Waals surface area (Å²) < 4.78 is 1.89. The van der Waals surface area contributed by atoms with Gasteiger partial charge in [0.25, 0.3) is 0 Å². The fourth-order valence-corrected chi connectivity index (χ4v) is 1.37. The van der Waals surface area contributed by atoms with Gasteiger partial charge in [-0.3, -0.25) is 4.68 Å². The lowest BCUT2D eigenvalue weighted by molar-refractivity contribution is 0.151. The third-order valence-electron chi connectivity index (χ3n) is 2.37. The molecule has 1 fully saturated rings. The Bertz CT molecular complexity index is 276. The molecular formula is C9H14N2O. The normalized spacial score (nSPS) is 19.5. The van der Waals surface area contributed by atoms with Gasteiger partial charge in [-0.05, 0) is 25.3 Å². The van der Waals surface area contributed by atoms with Gasteiger partial charge in [0.2, 0.25) is 0 Å². The summed E-state index contributed by atoms with van der Waals surface area (Å²) in [6.07, 6.45) is 6.53. The standard InChI is InChI=1S/C9H14N2O/c1-2-11-7-8(6-10-11)5-9(12)3-4-9/h6-7,12H,2-5H2,1H3. The Morgan fingerprint density at radius 2 is 2.42 bits per heavy atom. The molecule has 1 aromatic rings. The molecule has 0 atom stereocenters. The highest BCUT2D eigenvalue weighted by molar-refractivity contribution is 5.12.